The first-order valence-corrected chi connectivity index (χ1v) is 21.1. The molecule has 0 unspecified atom stereocenters. The van der Waals surface area contributed by atoms with E-state index in [1.807, 2.05) is 24.8 Å². The Morgan fingerprint density at radius 2 is 0.508 bits per heavy atom. The minimum atomic E-state index is 0.627. The van der Waals surface area contributed by atoms with Crippen molar-refractivity contribution in [2.45, 2.75) is 0 Å². The molecule has 0 amide bonds. The molecule has 0 spiro atoms. The third-order valence-electron chi connectivity index (χ3n) is 12.5. The summed E-state index contributed by atoms with van der Waals surface area (Å²) >= 11 is 0. The Labute approximate surface area is 361 Å². The van der Waals surface area contributed by atoms with Gasteiger partial charge in [-0.3, -0.25) is 9.13 Å². The monoisotopic (exact) mass is 805 g/mol. The van der Waals surface area contributed by atoms with Gasteiger partial charge in [-0.1, -0.05) is 121 Å². The average Bonchev–Trinajstić information content (AvgIpc) is 4.00. The van der Waals surface area contributed by atoms with Crippen molar-refractivity contribution in [3.63, 3.8) is 0 Å². The van der Waals surface area contributed by atoms with Crippen molar-refractivity contribution in [3.05, 3.63) is 213 Å². The Morgan fingerprint density at radius 3 is 0.825 bits per heavy atom. The highest BCUT2D eigenvalue weighted by Gasteiger charge is 2.17. The van der Waals surface area contributed by atoms with E-state index in [1.165, 1.54) is 43.4 Å². The molecule has 13 rings (SSSR count). The molecule has 0 saturated heterocycles. The lowest BCUT2D eigenvalue weighted by molar-refractivity contribution is 0.989. The average molecular weight is 806 g/mol. The van der Waals surface area contributed by atoms with Crippen LogP contribution in [0, 0.1) is 0 Å². The van der Waals surface area contributed by atoms with Gasteiger partial charge in [0.15, 0.2) is 0 Å². The number of aromatic nitrogens is 7. The number of nitrogens with zero attached hydrogens (tertiary/aromatic N) is 7. The smallest absolute Gasteiger partial charge is 0.234 e. The molecule has 0 aliphatic rings. The van der Waals surface area contributed by atoms with E-state index in [9.17, 15) is 0 Å². The maximum absolute atomic E-state index is 5.00. The van der Waals surface area contributed by atoms with E-state index in [2.05, 4.69) is 202 Å². The van der Waals surface area contributed by atoms with Crippen molar-refractivity contribution in [2.75, 3.05) is 0 Å². The van der Waals surface area contributed by atoms with Crippen molar-refractivity contribution < 1.29 is 0 Å². The maximum Gasteiger partial charge on any atom is 0.234 e. The van der Waals surface area contributed by atoms with Gasteiger partial charge in [0, 0.05) is 73.9 Å². The molecule has 8 aromatic carbocycles. The molecule has 5 aromatic heterocycles. The minimum Gasteiger partial charge on any atom is -0.309 e. The van der Waals surface area contributed by atoms with E-state index < -0.39 is 0 Å². The van der Waals surface area contributed by atoms with Gasteiger partial charge in [0.25, 0.3) is 0 Å². The SMILES string of the molecule is c1ccc2c(c1)c1ccccc1n2-c1ccc(-c2cc(-c3cnc(-n4c5ccccc5c5ccccc54)nc3)cc(-c3cnc(-n4c5ccccc5c5ccccc54)nc3)c2)cc1. The zero-order chi connectivity index (χ0) is 41.4. The molecule has 7 nitrogen and oxygen atoms in total. The van der Waals surface area contributed by atoms with Gasteiger partial charge in [0.05, 0.1) is 33.1 Å². The van der Waals surface area contributed by atoms with Gasteiger partial charge in [-0.05, 0) is 89.0 Å². The number of hydrogen-bond donors (Lipinski definition) is 0. The lowest BCUT2D eigenvalue weighted by Gasteiger charge is -2.13. The van der Waals surface area contributed by atoms with E-state index in [0.717, 1.165) is 61.1 Å². The number of rotatable bonds is 6. The number of hydrogen-bond acceptors (Lipinski definition) is 4. The number of benzene rings is 8. The summed E-state index contributed by atoms with van der Waals surface area (Å²) in [5.74, 6) is 1.25. The van der Waals surface area contributed by atoms with Crippen LogP contribution in [0.3, 0.4) is 0 Å². The van der Waals surface area contributed by atoms with Crippen LogP contribution >= 0.6 is 0 Å². The van der Waals surface area contributed by atoms with Gasteiger partial charge in [0.2, 0.25) is 11.9 Å². The highest BCUT2D eigenvalue weighted by atomic mass is 15.2. The van der Waals surface area contributed by atoms with E-state index >= 15 is 0 Å². The lowest BCUT2D eigenvalue weighted by atomic mass is 9.95. The predicted molar refractivity (Wildman–Crippen MR) is 257 cm³/mol. The molecule has 0 aliphatic carbocycles. The third-order valence-corrected chi connectivity index (χ3v) is 12.5. The second-order valence-corrected chi connectivity index (χ2v) is 16.0. The summed E-state index contributed by atoms with van der Waals surface area (Å²) in [5, 5.41) is 7.18. The largest absolute Gasteiger partial charge is 0.309 e. The van der Waals surface area contributed by atoms with Gasteiger partial charge in [0.1, 0.15) is 0 Å². The third kappa shape index (κ3) is 5.53. The summed E-state index contributed by atoms with van der Waals surface area (Å²) in [6.45, 7) is 0. The van der Waals surface area contributed by atoms with Gasteiger partial charge < -0.3 is 4.57 Å². The topological polar surface area (TPSA) is 66.3 Å². The first-order valence-electron chi connectivity index (χ1n) is 21.1. The Hall–Kier alpha value is -8.68. The van der Waals surface area contributed by atoms with Crippen LogP contribution in [0.1, 0.15) is 0 Å². The predicted octanol–water partition coefficient (Wildman–Crippen LogP) is 13.6. The molecule has 13 aromatic rings. The molecule has 0 aliphatic heterocycles. The first-order chi connectivity index (χ1) is 31.2. The second-order valence-electron chi connectivity index (χ2n) is 16.0. The fourth-order valence-electron chi connectivity index (χ4n) is 9.58. The van der Waals surface area contributed by atoms with Crippen molar-refractivity contribution in [1.82, 2.24) is 33.6 Å². The van der Waals surface area contributed by atoms with Crippen molar-refractivity contribution in [3.8, 4) is 51.0 Å². The van der Waals surface area contributed by atoms with E-state index in [4.69, 9.17) is 19.9 Å². The summed E-state index contributed by atoms with van der Waals surface area (Å²) < 4.78 is 6.64. The normalized spacial score (nSPS) is 11.8. The molecule has 0 radical (unpaired) electrons. The summed E-state index contributed by atoms with van der Waals surface area (Å²) in [6, 6.07) is 66.4. The van der Waals surface area contributed by atoms with E-state index in [-0.39, 0.29) is 0 Å². The zero-order valence-electron chi connectivity index (χ0n) is 33.8. The minimum absolute atomic E-state index is 0.627. The number of fused-ring (bicyclic) bond motifs is 9. The second kappa shape index (κ2) is 13.9. The first kappa shape index (κ1) is 35.1. The standard InChI is InChI=1S/C56H35N7/c1-7-19-49-43(13-1)44-14-2-8-20-50(44)61(49)42-27-25-36(26-28-42)37-29-38(40-32-57-55(58-33-40)62-51-21-9-3-15-45(51)46-16-4-10-22-52(46)62)31-39(30-37)41-34-59-56(60-35-41)63-53-23-11-5-17-47(53)48-18-6-12-24-54(48)63/h1-35H. The molecule has 7 heteroatoms. The van der Waals surface area contributed by atoms with E-state index in [1.54, 1.807) is 0 Å². The molecule has 5 heterocycles. The van der Waals surface area contributed by atoms with Gasteiger partial charge in [-0.25, -0.2) is 19.9 Å². The highest BCUT2D eigenvalue weighted by Crippen LogP contribution is 2.37. The molecule has 0 saturated carbocycles. The molecule has 0 N–H and O–H groups in total. The van der Waals surface area contributed by atoms with Crippen LogP contribution in [0.5, 0.6) is 0 Å². The van der Waals surface area contributed by atoms with Crippen LogP contribution in [0.25, 0.3) is 116 Å². The summed E-state index contributed by atoms with van der Waals surface area (Å²) in [6.07, 6.45) is 7.73. The fourth-order valence-corrected chi connectivity index (χ4v) is 9.58. The van der Waals surface area contributed by atoms with Crippen molar-refractivity contribution in [2.24, 2.45) is 0 Å². The molecule has 0 atom stereocenters. The maximum atomic E-state index is 5.00. The summed E-state index contributed by atoms with van der Waals surface area (Å²) in [4.78, 5) is 20.0. The molecule has 0 bridgehead atoms. The molecule has 294 valence electrons. The van der Waals surface area contributed by atoms with Gasteiger partial charge in [-0.15, -0.1) is 0 Å². The highest BCUT2D eigenvalue weighted by molar-refractivity contribution is 6.11. The van der Waals surface area contributed by atoms with Crippen LogP contribution < -0.4 is 0 Å². The van der Waals surface area contributed by atoms with Crippen LogP contribution in [0.15, 0.2) is 213 Å². The Bertz CT molecular complexity index is 3310. The fraction of sp³-hybridized carbons (Fsp3) is 0. The lowest BCUT2D eigenvalue weighted by Crippen LogP contribution is -2.01. The zero-order valence-corrected chi connectivity index (χ0v) is 33.8. The van der Waals surface area contributed by atoms with Crippen LogP contribution in [-0.2, 0) is 0 Å². The quantitative estimate of drug-likeness (QED) is 0.168. The number of para-hydroxylation sites is 6. The Balaban J connectivity index is 0.933. The summed E-state index contributed by atoms with van der Waals surface area (Å²) in [7, 11) is 0. The van der Waals surface area contributed by atoms with E-state index in [0.29, 0.717) is 11.9 Å². The Kier molecular flexibility index (Phi) is 7.77. The van der Waals surface area contributed by atoms with Crippen molar-refractivity contribution in [1.29, 1.82) is 0 Å². The van der Waals surface area contributed by atoms with Crippen molar-refractivity contribution >= 4 is 65.4 Å². The Morgan fingerprint density at radius 1 is 0.238 bits per heavy atom. The van der Waals surface area contributed by atoms with Gasteiger partial charge in [-0.2, -0.15) is 0 Å². The van der Waals surface area contributed by atoms with Crippen LogP contribution in [0.2, 0.25) is 0 Å². The van der Waals surface area contributed by atoms with Gasteiger partial charge >= 0.3 is 0 Å². The summed E-state index contributed by atoms with van der Waals surface area (Å²) in [5.41, 5.74) is 13.7. The van der Waals surface area contributed by atoms with Crippen LogP contribution in [0.4, 0.5) is 0 Å². The molecular weight excluding hydrogens is 771 g/mol. The molecule has 63 heavy (non-hydrogen) atoms. The van der Waals surface area contributed by atoms with Crippen LogP contribution in [-0.4, -0.2) is 33.6 Å². The molecular formula is C56H35N7. The molecule has 0 fully saturated rings.